The van der Waals surface area contributed by atoms with Crippen molar-refractivity contribution in [3.8, 4) is 0 Å². The fraction of sp³-hybridized carbons (Fsp3) is 0.500. The Morgan fingerprint density at radius 1 is 1.22 bits per heavy atom. The predicted molar refractivity (Wildman–Crippen MR) is 103 cm³/mol. The number of benzene rings is 1. The number of sulfonamides is 1. The lowest BCUT2D eigenvalue weighted by molar-refractivity contribution is -0.122. The zero-order valence-electron chi connectivity index (χ0n) is 15.5. The normalized spacial score (nSPS) is 16.5. The fourth-order valence-electron chi connectivity index (χ4n) is 3.38. The van der Waals surface area contributed by atoms with Gasteiger partial charge in [-0.05, 0) is 32.8 Å². The molecule has 1 N–H and O–H groups in total. The van der Waals surface area contributed by atoms with Crippen LogP contribution in [0.25, 0.3) is 10.8 Å². The minimum atomic E-state index is -3.19. The number of carbonyl (C=O) groups is 1. The van der Waals surface area contributed by atoms with Gasteiger partial charge in [0.1, 0.15) is 6.54 Å². The van der Waals surface area contributed by atoms with Crippen molar-refractivity contribution in [1.29, 1.82) is 0 Å². The fourth-order valence-corrected chi connectivity index (χ4v) is 4.51. The maximum atomic E-state index is 12.5. The summed E-state index contributed by atoms with van der Waals surface area (Å²) in [6, 6.07) is 7.09. The molecule has 2 aromatic rings. The van der Waals surface area contributed by atoms with E-state index < -0.39 is 10.0 Å². The van der Waals surface area contributed by atoms with Gasteiger partial charge in [0.25, 0.3) is 5.56 Å². The lowest BCUT2D eigenvalue weighted by atomic mass is 10.1. The molecule has 1 fully saturated rings. The van der Waals surface area contributed by atoms with E-state index in [4.69, 9.17) is 0 Å². The van der Waals surface area contributed by atoms with Crippen molar-refractivity contribution in [2.24, 2.45) is 0 Å². The molecule has 0 aliphatic carbocycles. The molecule has 0 spiro atoms. The lowest BCUT2D eigenvalue weighted by Crippen LogP contribution is -2.48. The van der Waals surface area contributed by atoms with E-state index in [-0.39, 0.29) is 29.8 Å². The molecule has 0 bridgehead atoms. The highest BCUT2D eigenvalue weighted by molar-refractivity contribution is 7.89. The summed E-state index contributed by atoms with van der Waals surface area (Å²) >= 11 is 0. The molecule has 0 atom stereocenters. The Hall–Kier alpha value is -2.26. The Kier molecular flexibility index (Phi) is 5.61. The second kappa shape index (κ2) is 7.77. The maximum Gasteiger partial charge on any atom is 0.275 e. The first-order valence-corrected chi connectivity index (χ1v) is 10.7. The number of nitrogens with one attached hydrogen (secondary N) is 1. The average molecular weight is 392 g/mol. The molecular formula is C18H24N4O4S. The van der Waals surface area contributed by atoms with Gasteiger partial charge in [-0.3, -0.25) is 9.59 Å². The summed E-state index contributed by atoms with van der Waals surface area (Å²) in [7, 11) is -3.19. The van der Waals surface area contributed by atoms with Crippen molar-refractivity contribution in [3.63, 3.8) is 0 Å². The Bertz CT molecular complexity index is 1010. The average Bonchev–Trinajstić information content (AvgIpc) is 2.66. The highest BCUT2D eigenvalue weighted by Gasteiger charge is 2.27. The van der Waals surface area contributed by atoms with Gasteiger partial charge in [0.2, 0.25) is 15.9 Å². The van der Waals surface area contributed by atoms with Crippen LogP contribution in [-0.2, 0) is 21.4 Å². The van der Waals surface area contributed by atoms with Gasteiger partial charge in [0, 0.05) is 24.5 Å². The third-order valence-electron chi connectivity index (χ3n) is 4.92. The second-order valence-corrected chi connectivity index (χ2v) is 8.99. The van der Waals surface area contributed by atoms with Crippen LogP contribution in [0.1, 0.15) is 25.5 Å². The van der Waals surface area contributed by atoms with Crippen molar-refractivity contribution in [3.05, 3.63) is 40.3 Å². The summed E-state index contributed by atoms with van der Waals surface area (Å²) < 4.78 is 26.4. The van der Waals surface area contributed by atoms with E-state index in [2.05, 4.69) is 10.4 Å². The summed E-state index contributed by atoms with van der Waals surface area (Å²) in [5.74, 6) is -0.212. The van der Waals surface area contributed by atoms with E-state index in [0.29, 0.717) is 37.0 Å². The van der Waals surface area contributed by atoms with Crippen LogP contribution in [0, 0.1) is 6.92 Å². The second-order valence-electron chi connectivity index (χ2n) is 6.74. The molecule has 8 nitrogen and oxygen atoms in total. The Morgan fingerprint density at radius 3 is 2.48 bits per heavy atom. The number of piperidine rings is 1. The third kappa shape index (κ3) is 4.19. The van der Waals surface area contributed by atoms with Crippen LogP contribution >= 0.6 is 0 Å². The third-order valence-corrected chi connectivity index (χ3v) is 6.80. The number of nitrogens with zero attached hydrogens (tertiary/aromatic N) is 3. The first-order valence-electron chi connectivity index (χ1n) is 9.05. The number of amides is 1. The smallest absolute Gasteiger partial charge is 0.275 e. The van der Waals surface area contributed by atoms with Crippen molar-refractivity contribution in [2.75, 3.05) is 18.8 Å². The van der Waals surface area contributed by atoms with Gasteiger partial charge in [-0.2, -0.15) is 5.10 Å². The Morgan fingerprint density at radius 2 is 1.85 bits per heavy atom. The van der Waals surface area contributed by atoms with Crippen LogP contribution < -0.4 is 10.9 Å². The molecule has 0 saturated carbocycles. The number of aromatic nitrogens is 2. The number of aryl methyl sites for hydroxylation is 1. The lowest BCUT2D eigenvalue weighted by Gasteiger charge is -2.31. The van der Waals surface area contributed by atoms with Crippen molar-refractivity contribution < 1.29 is 13.2 Å². The standard InChI is InChI=1S/C18H24N4O4S/c1-3-27(25,26)21-10-8-14(9-11-21)19-17(23)12-22-18(24)16-7-5-4-6-15(16)13(2)20-22/h4-7,14H,3,8-12H2,1-2H3,(H,19,23). The summed E-state index contributed by atoms with van der Waals surface area (Å²) in [5, 5.41) is 8.46. The van der Waals surface area contributed by atoms with Crippen LogP contribution in [-0.4, -0.2) is 53.3 Å². The highest BCUT2D eigenvalue weighted by atomic mass is 32.2. The molecule has 0 unspecified atom stereocenters. The minimum Gasteiger partial charge on any atom is -0.352 e. The Balaban J connectivity index is 1.65. The monoisotopic (exact) mass is 392 g/mol. The zero-order chi connectivity index (χ0) is 19.6. The minimum absolute atomic E-state index is 0.0833. The van der Waals surface area contributed by atoms with E-state index in [1.807, 2.05) is 12.1 Å². The molecule has 3 rings (SSSR count). The van der Waals surface area contributed by atoms with Crippen LogP contribution in [0.15, 0.2) is 29.1 Å². The van der Waals surface area contributed by atoms with E-state index in [9.17, 15) is 18.0 Å². The summed E-state index contributed by atoms with van der Waals surface area (Å²) in [6.07, 6.45) is 1.12. The molecule has 0 radical (unpaired) electrons. The van der Waals surface area contributed by atoms with Gasteiger partial charge in [-0.15, -0.1) is 0 Å². The maximum absolute atomic E-state index is 12.5. The number of rotatable bonds is 5. The largest absolute Gasteiger partial charge is 0.352 e. The van der Waals surface area contributed by atoms with Crippen molar-refractivity contribution >= 4 is 26.7 Å². The van der Waals surface area contributed by atoms with Gasteiger partial charge < -0.3 is 5.32 Å². The number of carbonyl (C=O) groups excluding carboxylic acids is 1. The quantitative estimate of drug-likeness (QED) is 0.804. The van der Waals surface area contributed by atoms with Gasteiger partial charge >= 0.3 is 0 Å². The number of fused-ring (bicyclic) bond motifs is 1. The molecule has 1 aromatic carbocycles. The SMILES string of the molecule is CCS(=O)(=O)N1CCC(NC(=O)Cn2nc(C)c3ccccc3c2=O)CC1. The molecule has 9 heteroatoms. The summed E-state index contributed by atoms with van der Waals surface area (Å²) in [4.78, 5) is 24.9. The molecular weight excluding hydrogens is 368 g/mol. The van der Waals surface area contributed by atoms with Gasteiger partial charge in [0.05, 0.1) is 16.8 Å². The first-order chi connectivity index (χ1) is 12.8. The first kappa shape index (κ1) is 19.5. The Labute approximate surface area is 158 Å². The van der Waals surface area contributed by atoms with Crippen LogP contribution in [0.5, 0.6) is 0 Å². The molecule has 1 aliphatic rings. The molecule has 146 valence electrons. The van der Waals surface area contributed by atoms with Gasteiger partial charge in [-0.25, -0.2) is 17.4 Å². The van der Waals surface area contributed by atoms with Crippen LogP contribution in [0.3, 0.4) is 0 Å². The number of hydrogen-bond donors (Lipinski definition) is 1. The molecule has 2 heterocycles. The summed E-state index contributed by atoms with van der Waals surface area (Å²) in [5.41, 5.74) is 0.395. The molecule has 1 aliphatic heterocycles. The van der Waals surface area contributed by atoms with E-state index >= 15 is 0 Å². The molecule has 1 aromatic heterocycles. The van der Waals surface area contributed by atoms with Gasteiger partial charge in [-0.1, -0.05) is 18.2 Å². The predicted octanol–water partition coefficient (Wildman–Crippen LogP) is 0.635. The van der Waals surface area contributed by atoms with Gasteiger partial charge in [0.15, 0.2) is 0 Å². The van der Waals surface area contributed by atoms with Crippen molar-refractivity contribution in [1.82, 2.24) is 19.4 Å². The van der Waals surface area contributed by atoms with Crippen molar-refractivity contribution in [2.45, 2.75) is 39.3 Å². The molecule has 1 saturated heterocycles. The van der Waals surface area contributed by atoms with E-state index in [1.165, 1.54) is 8.99 Å². The highest BCUT2D eigenvalue weighted by Crippen LogP contribution is 2.15. The number of hydrogen-bond acceptors (Lipinski definition) is 5. The zero-order valence-corrected chi connectivity index (χ0v) is 16.3. The van der Waals surface area contributed by atoms with Crippen LogP contribution in [0.4, 0.5) is 0 Å². The molecule has 27 heavy (non-hydrogen) atoms. The molecule has 1 amide bonds. The van der Waals surface area contributed by atoms with E-state index in [1.54, 1.807) is 26.0 Å². The van der Waals surface area contributed by atoms with E-state index in [0.717, 1.165) is 5.39 Å². The van der Waals surface area contributed by atoms with Crippen LogP contribution in [0.2, 0.25) is 0 Å². The topological polar surface area (TPSA) is 101 Å². The summed E-state index contributed by atoms with van der Waals surface area (Å²) in [6.45, 7) is 4.07.